The number of ether oxygens (including phenoxy) is 1. The molecule has 0 spiro atoms. The van der Waals surface area contributed by atoms with Crippen molar-refractivity contribution in [1.82, 2.24) is 15.1 Å². The van der Waals surface area contributed by atoms with Crippen molar-refractivity contribution in [3.8, 4) is 11.1 Å². The number of alkyl carbamates (subject to hydrolysis) is 1. The summed E-state index contributed by atoms with van der Waals surface area (Å²) in [6.45, 7) is 6.66. The number of carboxylic acid groups (broad SMARTS) is 1. The maximum atomic E-state index is 12.2. The van der Waals surface area contributed by atoms with Crippen molar-refractivity contribution in [1.29, 1.82) is 0 Å². The fraction of sp³-hybridized carbons (Fsp3) is 0.429. The molecule has 160 valence electrons. The average molecular weight is 436 g/mol. The van der Waals surface area contributed by atoms with Crippen LogP contribution in [0.25, 0.3) is 11.1 Å². The van der Waals surface area contributed by atoms with E-state index >= 15 is 0 Å². The van der Waals surface area contributed by atoms with E-state index in [1.54, 1.807) is 31.1 Å². The molecule has 31 heavy (non-hydrogen) atoms. The van der Waals surface area contributed by atoms with Gasteiger partial charge in [-0.3, -0.25) is 9.48 Å². The largest absolute Gasteiger partial charge is 1.00 e. The van der Waals surface area contributed by atoms with E-state index < -0.39 is 12.1 Å². The Hall–Kier alpha value is -2.36. The van der Waals surface area contributed by atoms with E-state index in [9.17, 15) is 19.5 Å². The van der Waals surface area contributed by atoms with Crippen LogP contribution in [0, 0.1) is 0 Å². The predicted molar refractivity (Wildman–Crippen MR) is 107 cm³/mol. The first kappa shape index (κ1) is 24.9. The molecule has 1 N–H and O–H groups in total. The normalized spacial score (nSPS) is 17.5. The molecule has 0 unspecified atom stereocenters. The van der Waals surface area contributed by atoms with Gasteiger partial charge in [-0.15, -0.1) is 0 Å². The SMILES string of the molecule is CC(=O)N1c2ccc(-c3cnn(CC(=O)[O-])c3)cc2[C@H](NC(=O)OC(C)C)C[C@@H]1C.[Na+]. The fourth-order valence-electron chi connectivity index (χ4n) is 3.78. The van der Waals surface area contributed by atoms with Crippen molar-refractivity contribution in [3.05, 3.63) is 36.2 Å². The van der Waals surface area contributed by atoms with Crippen LogP contribution in [0.3, 0.4) is 0 Å². The summed E-state index contributed by atoms with van der Waals surface area (Å²) in [7, 11) is 0. The van der Waals surface area contributed by atoms with Crippen molar-refractivity contribution < 1.29 is 53.8 Å². The Morgan fingerprint density at radius 1 is 1.29 bits per heavy atom. The number of hydrogen-bond acceptors (Lipinski definition) is 6. The second-order valence-corrected chi connectivity index (χ2v) is 7.70. The number of nitrogens with one attached hydrogen (secondary N) is 1. The third-order valence-corrected chi connectivity index (χ3v) is 4.91. The van der Waals surface area contributed by atoms with Gasteiger partial charge in [0, 0.05) is 30.4 Å². The van der Waals surface area contributed by atoms with Crippen LogP contribution in [0.15, 0.2) is 30.6 Å². The number of carbonyl (C=O) groups excluding carboxylic acids is 3. The fourth-order valence-corrected chi connectivity index (χ4v) is 3.78. The Balaban J connectivity index is 0.00000341. The molecule has 0 aliphatic carbocycles. The van der Waals surface area contributed by atoms with Gasteiger partial charge in [0.2, 0.25) is 5.91 Å². The van der Waals surface area contributed by atoms with Crippen molar-refractivity contribution in [2.75, 3.05) is 4.90 Å². The number of rotatable bonds is 5. The monoisotopic (exact) mass is 436 g/mol. The molecule has 2 atom stereocenters. The Labute approximate surface area is 203 Å². The molecule has 0 bridgehead atoms. The quantitative estimate of drug-likeness (QED) is 0.578. The molecular weight excluding hydrogens is 411 g/mol. The molecule has 1 aromatic carbocycles. The van der Waals surface area contributed by atoms with Crippen LogP contribution in [-0.2, 0) is 20.9 Å². The molecular formula is C21H25N4NaO5. The first-order chi connectivity index (χ1) is 14.2. The van der Waals surface area contributed by atoms with Crippen LogP contribution in [0.2, 0.25) is 0 Å². The minimum atomic E-state index is -1.23. The van der Waals surface area contributed by atoms with Gasteiger partial charge in [-0.05, 0) is 50.5 Å². The van der Waals surface area contributed by atoms with Crippen molar-refractivity contribution in [3.63, 3.8) is 0 Å². The van der Waals surface area contributed by atoms with E-state index in [4.69, 9.17) is 4.74 Å². The van der Waals surface area contributed by atoms with E-state index in [2.05, 4.69) is 10.4 Å². The van der Waals surface area contributed by atoms with Gasteiger partial charge >= 0.3 is 35.7 Å². The molecule has 2 heterocycles. The van der Waals surface area contributed by atoms with E-state index in [-0.39, 0.29) is 60.2 Å². The summed E-state index contributed by atoms with van der Waals surface area (Å²) in [4.78, 5) is 37.0. The average Bonchev–Trinajstić information content (AvgIpc) is 3.08. The molecule has 0 radical (unpaired) electrons. The van der Waals surface area contributed by atoms with Crippen LogP contribution in [0.5, 0.6) is 0 Å². The van der Waals surface area contributed by atoms with E-state index in [0.717, 1.165) is 22.4 Å². The minimum absolute atomic E-state index is 0. The molecule has 2 amide bonds. The molecule has 1 aliphatic heterocycles. The number of benzene rings is 1. The van der Waals surface area contributed by atoms with Gasteiger partial charge < -0.3 is 24.9 Å². The zero-order chi connectivity index (χ0) is 22.0. The number of amides is 2. The third-order valence-electron chi connectivity index (χ3n) is 4.91. The summed E-state index contributed by atoms with van der Waals surface area (Å²) >= 11 is 0. The standard InChI is InChI=1S/C21H26N4O5.Na/c1-12(2)30-21(29)23-18-7-13(3)25(14(4)26)19-6-5-15(8-17(18)19)16-9-22-24(10-16)11-20(27)28;/h5-6,8-10,12-13,18H,7,11H2,1-4H3,(H,23,29)(H,27,28);/q;+1/p-1/t13-,18+;/m0./s1. The van der Waals surface area contributed by atoms with Crippen LogP contribution in [0.4, 0.5) is 10.5 Å². The summed E-state index contributed by atoms with van der Waals surface area (Å²) < 4.78 is 6.51. The van der Waals surface area contributed by atoms with Gasteiger partial charge in [0.05, 0.1) is 30.9 Å². The van der Waals surface area contributed by atoms with Crippen molar-refractivity contribution in [2.24, 2.45) is 0 Å². The number of aromatic nitrogens is 2. The van der Waals surface area contributed by atoms with Gasteiger partial charge in [0.25, 0.3) is 0 Å². The second-order valence-electron chi connectivity index (χ2n) is 7.70. The van der Waals surface area contributed by atoms with Gasteiger partial charge in [0.1, 0.15) is 0 Å². The zero-order valence-corrected chi connectivity index (χ0v) is 20.4. The van der Waals surface area contributed by atoms with Crippen LogP contribution < -0.4 is 44.9 Å². The van der Waals surface area contributed by atoms with Crippen LogP contribution in [-0.4, -0.2) is 39.9 Å². The Morgan fingerprint density at radius 2 is 2.00 bits per heavy atom. The number of carbonyl (C=O) groups is 3. The molecule has 3 rings (SSSR count). The zero-order valence-electron chi connectivity index (χ0n) is 18.4. The van der Waals surface area contributed by atoms with E-state index in [1.165, 1.54) is 11.6 Å². The first-order valence-corrected chi connectivity index (χ1v) is 9.79. The van der Waals surface area contributed by atoms with Crippen LogP contribution >= 0.6 is 0 Å². The molecule has 1 aromatic heterocycles. The molecule has 2 aromatic rings. The molecule has 0 saturated carbocycles. The van der Waals surface area contributed by atoms with Gasteiger partial charge in [0.15, 0.2) is 0 Å². The van der Waals surface area contributed by atoms with Crippen molar-refractivity contribution >= 4 is 23.7 Å². The Morgan fingerprint density at radius 3 is 2.61 bits per heavy atom. The number of anilines is 1. The predicted octanol–water partition coefficient (Wildman–Crippen LogP) is -1.38. The number of hydrogen-bond donors (Lipinski definition) is 1. The molecule has 9 nitrogen and oxygen atoms in total. The third kappa shape index (κ3) is 5.87. The van der Waals surface area contributed by atoms with Crippen LogP contribution in [0.1, 0.15) is 45.7 Å². The smallest absolute Gasteiger partial charge is 0.548 e. The molecule has 1 aliphatic rings. The first-order valence-electron chi connectivity index (χ1n) is 9.79. The Bertz CT molecular complexity index is 974. The number of aliphatic carboxylic acids is 1. The van der Waals surface area contributed by atoms with E-state index in [1.807, 2.05) is 25.1 Å². The summed E-state index contributed by atoms with van der Waals surface area (Å²) in [6, 6.07) is 5.13. The second kappa shape index (κ2) is 10.3. The summed E-state index contributed by atoms with van der Waals surface area (Å²) in [5.74, 6) is -1.31. The topological polar surface area (TPSA) is 117 Å². The number of fused-ring (bicyclic) bond motifs is 1. The molecule has 0 fully saturated rings. The number of carboxylic acids is 1. The maximum absolute atomic E-state index is 12.2. The minimum Gasteiger partial charge on any atom is -0.548 e. The van der Waals surface area contributed by atoms with Gasteiger partial charge in [-0.2, -0.15) is 5.10 Å². The maximum Gasteiger partial charge on any atom is 1.00 e. The summed E-state index contributed by atoms with van der Waals surface area (Å²) in [6.07, 6.45) is 2.94. The molecule has 0 saturated heterocycles. The summed E-state index contributed by atoms with van der Waals surface area (Å²) in [5.41, 5.74) is 3.02. The summed E-state index contributed by atoms with van der Waals surface area (Å²) in [5, 5.41) is 17.7. The number of nitrogens with zero attached hydrogens (tertiary/aromatic N) is 3. The van der Waals surface area contributed by atoms with Gasteiger partial charge in [-0.1, -0.05) is 6.07 Å². The molecule has 10 heteroatoms. The van der Waals surface area contributed by atoms with Crippen molar-refractivity contribution in [2.45, 2.75) is 58.8 Å². The Kier molecular flexibility index (Phi) is 8.27. The van der Waals surface area contributed by atoms with E-state index in [0.29, 0.717) is 6.42 Å². The van der Waals surface area contributed by atoms with Gasteiger partial charge in [-0.25, -0.2) is 4.79 Å².